The van der Waals surface area contributed by atoms with E-state index in [1.54, 1.807) is 6.20 Å². The molecule has 0 saturated carbocycles. The van der Waals surface area contributed by atoms with Gasteiger partial charge >= 0.3 is 0 Å². The van der Waals surface area contributed by atoms with Gasteiger partial charge in [0.1, 0.15) is 0 Å². The molecule has 1 saturated heterocycles. The van der Waals surface area contributed by atoms with Gasteiger partial charge in [-0.15, -0.1) is 0 Å². The zero-order valence-electron chi connectivity index (χ0n) is 21.2. The van der Waals surface area contributed by atoms with Crippen LogP contribution in [-0.2, 0) is 6.42 Å². The highest BCUT2D eigenvalue weighted by molar-refractivity contribution is 5.91. The third-order valence-electron chi connectivity index (χ3n) is 6.79. The minimum absolute atomic E-state index is 0.0259. The quantitative estimate of drug-likeness (QED) is 0.497. The van der Waals surface area contributed by atoms with Crippen molar-refractivity contribution in [2.75, 3.05) is 31.1 Å². The molecule has 1 atom stereocenters. The van der Waals surface area contributed by atoms with Crippen molar-refractivity contribution in [3.63, 3.8) is 0 Å². The Kier molecular flexibility index (Phi) is 7.31. The first kappa shape index (κ1) is 24.3. The van der Waals surface area contributed by atoms with Crippen LogP contribution in [0.5, 0.6) is 0 Å². The van der Waals surface area contributed by atoms with Crippen molar-refractivity contribution in [2.24, 2.45) is 5.92 Å². The molecule has 0 spiro atoms. The molecule has 1 fully saturated rings. The van der Waals surface area contributed by atoms with Gasteiger partial charge in [-0.3, -0.25) is 9.69 Å². The molecule has 1 unspecified atom stereocenters. The Labute approximate surface area is 202 Å². The molecule has 7 nitrogen and oxygen atoms in total. The average molecular weight is 466 g/mol. The van der Waals surface area contributed by atoms with E-state index in [2.05, 4.69) is 84.1 Å². The summed E-state index contributed by atoms with van der Waals surface area (Å²) in [5, 5.41) is 4.43. The summed E-state index contributed by atoms with van der Waals surface area (Å²) in [6.07, 6.45) is 6.36. The number of aromatic nitrogens is 2. The molecule has 1 aliphatic heterocycles. The van der Waals surface area contributed by atoms with E-state index >= 15 is 0 Å². The van der Waals surface area contributed by atoms with Gasteiger partial charge in [-0.2, -0.15) is 0 Å². The van der Waals surface area contributed by atoms with E-state index in [1.165, 1.54) is 10.9 Å². The number of piperazine rings is 1. The summed E-state index contributed by atoms with van der Waals surface area (Å²) in [5.41, 5.74) is 2.50. The van der Waals surface area contributed by atoms with E-state index in [0.717, 1.165) is 51.0 Å². The Bertz CT molecular complexity index is 1090. The number of oxazole rings is 1. The first-order valence-electron chi connectivity index (χ1n) is 12.5. The van der Waals surface area contributed by atoms with Gasteiger partial charge in [0.05, 0.1) is 6.20 Å². The Morgan fingerprint density at radius 1 is 1.15 bits per heavy atom. The van der Waals surface area contributed by atoms with Crippen molar-refractivity contribution in [1.82, 2.24) is 20.2 Å². The van der Waals surface area contributed by atoms with Gasteiger partial charge in [0.2, 0.25) is 5.76 Å². The van der Waals surface area contributed by atoms with Crippen LogP contribution >= 0.6 is 0 Å². The van der Waals surface area contributed by atoms with Crippen LogP contribution in [0.4, 0.5) is 6.01 Å². The lowest BCUT2D eigenvalue weighted by molar-refractivity contribution is 0.0905. The van der Waals surface area contributed by atoms with Crippen molar-refractivity contribution in [3.8, 4) is 0 Å². The van der Waals surface area contributed by atoms with E-state index < -0.39 is 0 Å². The minimum atomic E-state index is -0.194. The number of hydrogen-bond acceptors (Lipinski definition) is 5. The second-order valence-corrected chi connectivity index (χ2v) is 10.9. The molecule has 184 valence electrons. The highest BCUT2D eigenvalue weighted by Crippen LogP contribution is 2.23. The molecule has 0 radical (unpaired) electrons. The Balaban J connectivity index is 1.41. The van der Waals surface area contributed by atoms with Gasteiger partial charge in [0, 0.05) is 54.9 Å². The SMILES string of the molecule is CC(C)CCC(Cc1c[nH]c2ccccc12)NC(=O)c1cnc(N2CCN(C(C)(C)C)CC2)o1. The molecule has 3 heterocycles. The maximum Gasteiger partial charge on any atom is 0.298 e. The number of benzene rings is 1. The standard InChI is InChI=1S/C27H39N5O2/c1-19(2)10-11-21(16-20-17-28-23-9-7-6-8-22(20)23)30-25(33)24-18-29-26(34-24)31-12-14-32(15-13-31)27(3,4)5/h6-9,17-19,21,28H,10-16H2,1-5H3,(H,30,33). The lowest BCUT2D eigenvalue weighted by atomic mass is 9.97. The number of nitrogens with zero attached hydrogens (tertiary/aromatic N) is 3. The zero-order valence-corrected chi connectivity index (χ0v) is 21.2. The molecule has 4 rings (SSSR count). The van der Waals surface area contributed by atoms with Crippen LogP contribution < -0.4 is 10.2 Å². The van der Waals surface area contributed by atoms with Crippen molar-refractivity contribution >= 4 is 22.8 Å². The summed E-state index contributed by atoms with van der Waals surface area (Å²) in [6, 6.07) is 8.86. The van der Waals surface area contributed by atoms with Crippen molar-refractivity contribution < 1.29 is 9.21 Å². The summed E-state index contributed by atoms with van der Waals surface area (Å²) in [7, 11) is 0. The maximum atomic E-state index is 13.1. The van der Waals surface area contributed by atoms with Gasteiger partial charge in [0.25, 0.3) is 11.9 Å². The highest BCUT2D eigenvalue weighted by Gasteiger charge is 2.28. The van der Waals surface area contributed by atoms with Crippen molar-refractivity contribution in [1.29, 1.82) is 0 Å². The van der Waals surface area contributed by atoms with Gasteiger partial charge in [0.15, 0.2) is 0 Å². The third-order valence-corrected chi connectivity index (χ3v) is 6.79. The normalized spacial score (nSPS) is 16.4. The van der Waals surface area contributed by atoms with Gasteiger partial charge in [-0.1, -0.05) is 32.0 Å². The van der Waals surface area contributed by atoms with E-state index in [-0.39, 0.29) is 23.2 Å². The summed E-state index contributed by atoms with van der Waals surface area (Å²) >= 11 is 0. The molecule has 3 aromatic rings. The zero-order chi connectivity index (χ0) is 24.3. The Morgan fingerprint density at radius 3 is 2.59 bits per heavy atom. The number of H-pyrrole nitrogens is 1. The fourth-order valence-electron chi connectivity index (χ4n) is 4.67. The lowest BCUT2D eigenvalue weighted by Crippen LogP contribution is -2.53. The van der Waals surface area contributed by atoms with Crippen LogP contribution in [0.15, 0.2) is 41.1 Å². The predicted molar refractivity (Wildman–Crippen MR) is 137 cm³/mol. The van der Waals surface area contributed by atoms with E-state index in [9.17, 15) is 4.79 Å². The van der Waals surface area contributed by atoms with Gasteiger partial charge < -0.3 is 19.6 Å². The topological polar surface area (TPSA) is 77.4 Å². The Hall–Kier alpha value is -2.80. The molecule has 34 heavy (non-hydrogen) atoms. The second kappa shape index (κ2) is 10.2. The monoisotopic (exact) mass is 465 g/mol. The summed E-state index contributed by atoms with van der Waals surface area (Å²) < 4.78 is 5.92. The number of fused-ring (bicyclic) bond motifs is 1. The van der Waals surface area contributed by atoms with Crippen LogP contribution in [0.3, 0.4) is 0 Å². The first-order valence-corrected chi connectivity index (χ1v) is 12.5. The largest absolute Gasteiger partial charge is 0.418 e. The molecule has 1 amide bonds. The maximum absolute atomic E-state index is 13.1. The molecule has 0 bridgehead atoms. The highest BCUT2D eigenvalue weighted by atomic mass is 16.4. The Morgan fingerprint density at radius 2 is 1.88 bits per heavy atom. The summed E-state index contributed by atoms with van der Waals surface area (Å²) in [5.74, 6) is 0.661. The average Bonchev–Trinajstić information content (AvgIpc) is 3.45. The van der Waals surface area contributed by atoms with Crippen molar-refractivity contribution in [2.45, 2.75) is 65.5 Å². The number of hydrogen-bond donors (Lipinski definition) is 2. The van der Waals surface area contributed by atoms with Crippen LogP contribution in [0.25, 0.3) is 10.9 Å². The molecule has 7 heteroatoms. The summed E-state index contributed by atoms with van der Waals surface area (Å²) in [4.78, 5) is 25.4. The minimum Gasteiger partial charge on any atom is -0.418 e. The smallest absolute Gasteiger partial charge is 0.298 e. The number of carbonyl (C=O) groups is 1. The van der Waals surface area contributed by atoms with Crippen molar-refractivity contribution in [3.05, 3.63) is 48.0 Å². The molecule has 1 aromatic carbocycles. The van der Waals surface area contributed by atoms with Gasteiger partial charge in [-0.05, 0) is 57.6 Å². The number of aromatic amines is 1. The number of carbonyl (C=O) groups excluding carboxylic acids is 1. The number of para-hydroxylation sites is 1. The molecule has 0 aliphatic carbocycles. The lowest BCUT2D eigenvalue weighted by Gasteiger charge is -2.41. The molecular weight excluding hydrogens is 426 g/mol. The van der Waals surface area contributed by atoms with E-state index in [1.807, 2.05) is 6.07 Å². The van der Waals surface area contributed by atoms with E-state index in [0.29, 0.717) is 11.9 Å². The number of nitrogens with one attached hydrogen (secondary N) is 2. The molecular formula is C27H39N5O2. The fraction of sp³-hybridized carbons (Fsp3) is 0.556. The summed E-state index contributed by atoms with van der Waals surface area (Å²) in [6.45, 7) is 14.7. The van der Waals surface area contributed by atoms with Crippen LogP contribution in [0, 0.1) is 5.92 Å². The molecule has 1 aliphatic rings. The first-order chi connectivity index (χ1) is 16.2. The van der Waals surface area contributed by atoms with E-state index in [4.69, 9.17) is 4.42 Å². The van der Waals surface area contributed by atoms with Gasteiger partial charge in [-0.25, -0.2) is 4.98 Å². The predicted octanol–water partition coefficient (Wildman–Crippen LogP) is 4.85. The van der Waals surface area contributed by atoms with Crippen LogP contribution in [0.2, 0.25) is 0 Å². The second-order valence-electron chi connectivity index (χ2n) is 10.9. The van der Waals surface area contributed by atoms with Crippen LogP contribution in [-0.4, -0.2) is 58.5 Å². The number of rotatable bonds is 8. The molecule has 2 aromatic heterocycles. The van der Waals surface area contributed by atoms with Crippen LogP contribution in [0.1, 0.15) is 63.6 Å². The third kappa shape index (κ3) is 5.81. The fourth-order valence-corrected chi connectivity index (χ4v) is 4.67. The number of amides is 1. The number of anilines is 1. The molecule has 2 N–H and O–H groups in total.